The molecule has 0 rings (SSSR count). The summed E-state index contributed by atoms with van der Waals surface area (Å²) < 4.78 is 0. The highest BCUT2D eigenvalue weighted by molar-refractivity contribution is 7.98. The van der Waals surface area contributed by atoms with Gasteiger partial charge in [-0.15, -0.1) is 0 Å². The largest absolute Gasteiger partial charge is 0.481 e. The summed E-state index contributed by atoms with van der Waals surface area (Å²) in [6.45, 7) is 0. The molecule has 0 saturated carbocycles. The molecule has 0 aromatic heterocycles. The summed E-state index contributed by atoms with van der Waals surface area (Å²) in [5.41, 5.74) is 5.18. The lowest BCUT2D eigenvalue weighted by Gasteiger charge is -2.04. The zero-order chi connectivity index (χ0) is 9.72. The monoisotopic (exact) mass is 191 g/mol. The normalized spacial score (nSPS) is 12.2. The Morgan fingerprint density at radius 1 is 1.42 bits per heavy atom. The smallest absolute Gasteiger partial charge is 0.303 e. The highest BCUT2D eigenvalue weighted by Crippen LogP contribution is 1.98. The predicted octanol–water partition coefficient (Wildman–Crippen LogP) is -0.796. The van der Waals surface area contributed by atoms with Crippen LogP contribution in [-0.2, 0) is 14.4 Å². The molecule has 0 aliphatic carbocycles. The maximum atomic E-state index is 10.7. The van der Waals surface area contributed by atoms with Crippen molar-refractivity contribution in [2.75, 3.05) is 0 Å². The van der Waals surface area contributed by atoms with Crippen LogP contribution < -0.4 is 5.73 Å². The second-order valence-corrected chi connectivity index (χ2v) is 2.61. The van der Waals surface area contributed by atoms with Crippen LogP contribution in [0.3, 0.4) is 0 Å². The number of rotatable bonds is 5. The number of hydrogen-bond donors (Lipinski definition) is 3. The van der Waals surface area contributed by atoms with Crippen molar-refractivity contribution < 1.29 is 19.5 Å². The molecule has 0 saturated heterocycles. The lowest BCUT2D eigenvalue weighted by atomic mass is 10.1. The van der Waals surface area contributed by atoms with Gasteiger partial charge in [-0.05, 0) is 6.42 Å². The van der Waals surface area contributed by atoms with Gasteiger partial charge in [-0.25, -0.2) is 0 Å². The average molecular weight is 191 g/mol. The van der Waals surface area contributed by atoms with Crippen LogP contribution in [0.2, 0.25) is 0 Å². The van der Waals surface area contributed by atoms with Crippen LogP contribution in [-0.4, -0.2) is 28.0 Å². The van der Waals surface area contributed by atoms with E-state index >= 15 is 0 Å². The molecular weight excluding hydrogens is 182 g/mol. The van der Waals surface area contributed by atoms with Crippen LogP contribution in [0.15, 0.2) is 0 Å². The molecule has 0 aliphatic rings. The maximum Gasteiger partial charge on any atom is 0.303 e. The van der Waals surface area contributed by atoms with Crippen molar-refractivity contribution in [1.82, 2.24) is 0 Å². The molecule has 0 aromatic carbocycles. The number of carboxylic acids is 1. The van der Waals surface area contributed by atoms with Crippen LogP contribution in [0.1, 0.15) is 12.8 Å². The summed E-state index contributed by atoms with van der Waals surface area (Å²) in [6, 6.07) is -1.05. The van der Waals surface area contributed by atoms with Crippen molar-refractivity contribution in [3.8, 4) is 0 Å². The van der Waals surface area contributed by atoms with Gasteiger partial charge in [0, 0.05) is 6.42 Å². The third kappa shape index (κ3) is 4.09. The molecule has 0 fully saturated rings. The number of carbonyl (C=O) groups is 3. The molecule has 3 N–H and O–H groups in total. The van der Waals surface area contributed by atoms with Crippen LogP contribution >= 0.6 is 12.6 Å². The molecule has 0 aromatic rings. The van der Waals surface area contributed by atoms with Crippen LogP contribution in [0, 0.1) is 0 Å². The van der Waals surface area contributed by atoms with E-state index < -0.39 is 22.9 Å². The minimum Gasteiger partial charge on any atom is -0.481 e. The standard InChI is InChI=1S/C6H9NO4S/c7-3(1-2-4(8)9)5(10)6(11)12/h3H,1-2,7H2,(H,8,9)(H,11,12)/t3-/m0/s1. The van der Waals surface area contributed by atoms with E-state index in [0.717, 1.165) is 0 Å². The summed E-state index contributed by atoms with van der Waals surface area (Å²) in [7, 11) is 0. The Hall–Kier alpha value is -0.880. The van der Waals surface area contributed by atoms with Crippen molar-refractivity contribution in [2.24, 2.45) is 5.73 Å². The number of carboxylic acid groups (broad SMARTS) is 1. The number of aliphatic carboxylic acids is 1. The first kappa shape index (κ1) is 11.1. The minimum absolute atomic E-state index is 0.0412. The molecule has 12 heavy (non-hydrogen) atoms. The fraction of sp³-hybridized carbons (Fsp3) is 0.500. The van der Waals surface area contributed by atoms with Crippen LogP contribution in [0.25, 0.3) is 0 Å². The van der Waals surface area contributed by atoms with Crippen LogP contribution in [0.4, 0.5) is 0 Å². The molecule has 0 spiro atoms. The van der Waals surface area contributed by atoms with Crippen molar-refractivity contribution >= 4 is 29.5 Å². The van der Waals surface area contributed by atoms with Gasteiger partial charge in [-0.2, -0.15) is 0 Å². The molecule has 68 valence electrons. The van der Waals surface area contributed by atoms with Gasteiger partial charge in [-0.3, -0.25) is 14.4 Å². The molecule has 0 aliphatic heterocycles. The van der Waals surface area contributed by atoms with Gasteiger partial charge < -0.3 is 10.8 Å². The Morgan fingerprint density at radius 2 is 1.92 bits per heavy atom. The van der Waals surface area contributed by atoms with E-state index in [1.54, 1.807) is 0 Å². The summed E-state index contributed by atoms with van der Waals surface area (Å²) >= 11 is 3.26. The minimum atomic E-state index is -1.05. The van der Waals surface area contributed by atoms with Gasteiger partial charge in [0.15, 0.2) is 0 Å². The lowest BCUT2D eigenvalue weighted by molar-refractivity contribution is -0.137. The van der Waals surface area contributed by atoms with Crippen molar-refractivity contribution in [3.63, 3.8) is 0 Å². The van der Waals surface area contributed by atoms with E-state index in [2.05, 4.69) is 12.6 Å². The quantitative estimate of drug-likeness (QED) is 0.390. The van der Waals surface area contributed by atoms with Crippen LogP contribution in [0.5, 0.6) is 0 Å². The van der Waals surface area contributed by atoms with Crippen molar-refractivity contribution in [3.05, 3.63) is 0 Å². The van der Waals surface area contributed by atoms with Crippen molar-refractivity contribution in [2.45, 2.75) is 18.9 Å². The number of thiol groups is 1. The number of hydrogen-bond acceptors (Lipinski definition) is 4. The molecule has 0 unspecified atom stereocenters. The molecule has 0 bridgehead atoms. The lowest BCUT2D eigenvalue weighted by Crippen LogP contribution is -2.34. The summed E-state index contributed by atoms with van der Waals surface area (Å²) in [5, 5.41) is 7.27. The van der Waals surface area contributed by atoms with Gasteiger partial charge in [0.2, 0.25) is 5.78 Å². The maximum absolute atomic E-state index is 10.7. The fourth-order valence-electron chi connectivity index (χ4n) is 0.569. The Morgan fingerprint density at radius 3 is 2.25 bits per heavy atom. The van der Waals surface area contributed by atoms with E-state index in [0.29, 0.717) is 0 Å². The SMILES string of the molecule is N[C@@H](CCC(=O)O)C(=O)C(=O)S. The van der Waals surface area contributed by atoms with E-state index in [1.165, 1.54) is 0 Å². The van der Waals surface area contributed by atoms with Crippen molar-refractivity contribution in [1.29, 1.82) is 0 Å². The van der Waals surface area contributed by atoms with E-state index in [1.807, 2.05) is 0 Å². The second kappa shape index (κ2) is 4.89. The molecule has 1 atom stereocenters. The van der Waals surface area contributed by atoms with Gasteiger partial charge in [0.05, 0.1) is 6.04 Å². The number of carbonyl (C=O) groups excluding carboxylic acids is 2. The summed E-state index contributed by atoms with van der Waals surface area (Å²) in [6.07, 6.45) is -0.269. The van der Waals surface area contributed by atoms with Gasteiger partial charge in [-0.1, -0.05) is 12.6 Å². The van der Waals surface area contributed by atoms with Gasteiger partial charge in [0.1, 0.15) is 0 Å². The zero-order valence-corrected chi connectivity index (χ0v) is 7.08. The number of ketones is 1. The van der Waals surface area contributed by atoms with Gasteiger partial charge in [0.25, 0.3) is 5.12 Å². The first-order chi connectivity index (χ1) is 5.45. The van der Waals surface area contributed by atoms with E-state index in [4.69, 9.17) is 10.8 Å². The van der Waals surface area contributed by atoms with E-state index in [9.17, 15) is 14.4 Å². The Bertz CT molecular complexity index is 216. The first-order valence-electron chi connectivity index (χ1n) is 3.19. The fourth-order valence-corrected chi connectivity index (χ4v) is 0.734. The average Bonchev–Trinajstić information content (AvgIpc) is 1.98. The second-order valence-electron chi connectivity index (χ2n) is 2.21. The number of nitrogens with two attached hydrogens (primary N) is 1. The third-order valence-electron chi connectivity index (χ3n) is 1.22. The highest BCUT2D eigenvalue weighted by Gasteiger charge is 2.19. The topological polar surface area (TPSA) is 97.5 Å². The van der Waals surface area contributed by atoms with E-state index in [-0.39, 0.29) is 12.8 Å². The molecule has 0 heterocycles. The summed E-state index contributed by atoms with van der Waals surface area (Å²) in [4.78, 5) is 31.1. The molecule has 6 heteroatoms. The summed E-state index contributed by atoms with van der Waals surface area (Å²) in [5.74, 6) is -1.90. The highest BCUT2D eigenvalue weighted by atomic mass is 32.1. The Labute approximate surface area is 74.3 Å². The zero-order valence-electron chi connectivity index (χ0n) is 6.19. The van der Waals surface area contributed by atoms with Gasteiger partial charge >= 0.3 is 5.97 Å². The number of Topliss-reactive ketones (excluding diaryl/α,β-unsaturated/α-hetero) is 1. The molecular formula is C6H9NO4S. The Balaban J connectivity index is 3.87. The Kier molecular flexibility index (Phi) is 4.53. The molecule has 0 radical (unpaired) electrons. The first-order valence-corrected chi connectivity index (χ1v) is 3.64. The molecule has 5 nitrogen and oxygen atoms in total. The molecule has 0 amide bonds. The predicted molar refractivity (Wildman–Crippen MR) is 43.8 cm³/mol. The third-order valence-corrected chi connectivity index (χ3v) is 1.44.